The van der Waals surface area contributed by atoms with Crippen LogP contribution in [0.5, 0.6) is 0 Å². The van der Waals surface area contributed by atoms with Crippen LogP contribution in [0.2, 0.25) is 0 Å². The van der Waals surface area contributed by atoms with Crippen LogP contribution in [-0.4, -0.2) is 6.29 Å². The number of carbonyl (C=O) groups is 1. The first-order chi connectivity index (χ1) is 7.22. The zero-order valence-electron chi connectivity index (χ0n) is 9.29. The lowest BCUT2D eigenvalue weighted by Crippen LogP contribution is -1.94. The highest BCUT2D eigenvalue weighted by Gasteiger charge is 1.97. The van der Waals surface area contributed by atoms with Crippen LogP contribution >= 0.6 is 0 Å². The normalized spacial score (nSPS) is 9.53. The van der Waals surface area contributed by atoms with Crippen molar-refractivity contribution in [1.82, 2.24) is 0 Å². The summed E-state index contributed by atoms with van der Waals surface area (Å²) in [5, 5.41) is 0. The van der Waals surface area contributed by atoms with Crippen molar-refractivity contribution in [2.75, 3.05) is 0 Å². The lowest BCUT2D eigenvalue weighted by Gasteiger charge is -2.04. The highest BCUT2D eigenvalue weighted by atomic mass is 16.1. The molecule has 0 aromatic heterocycles. The second-order valence-corrected chi connectivity index (χ2v) is 4.03. The molecule has 0 saturated carbocycles. The lowest BCUT2D eigenvalue weighted by molar-refractivity contribution is -0.103. The number of rotatable bonds is 3. The van der Waals surface area contributed by atoms with Crippen molar-refractivity contribution in [3.05, 3.63) is 35.4 Å². The molecule has 0 aliphatic rings. The van der Waals surface area contributed by atoms with Crippen LogP contribution in [0.4, 0.5) is 0 Å². The predicted octanol–water partition coefficient (Wildman–Crippen LogP) is 2.63. The summed E-state index contributed by atoms with van der Waals surface area (Å²) in [7, 11) is 0. The molecule has 0 amide bonds. The van der Waals surface area contributed by atoms with Gasteiger partial charge < -0.3 is 0 Å². The van der Waals surface area contributed by atoms with Gasteiger partial charge in [-0.25, -0.2) is 0 Å². The summed E-state index contributed by atoms with van der Waals surface area (Å²) in [5.74, 6) is 5.89. The van der Waals surface area contributed by atoms with Crippen molar-refractivity contribution in [1.29, 1.82) is 0 Å². The average molecular weight is 200 g/mol. The van der Waals surface area contributed by atoms with Crippen LogP contribution < -0.4 is 0 Å². The third kappa shape index (κ3) is 4.46. The summed E-state index contributed by atoms with van der Waals surface area (Å²) < 4.78 is 0. The van der Waals surface area contributed by atoms with E-state index in [1.165, 1.54) is 5.56 Å². The molecule has 0 aliphatic heterocycles. The molecule has 1 rings (SSSR count). The molecule has 0 saturated heterocycles. The van der Waals surface area contributed by atoms with Crippen LogP contribution in [0.25, 0.3) is 0 Å². The SMILES string of the molecule is CC(C)Cc1ccc(CC#CC=O)cc1. The van der Waals surface area contributed by atoms with Crippen molar-refractivity contribution in [2.45, 2.75) is 26.7 Å². The summed E-state index contributed by atoms with van der Waals surface area (Å²) in [6.07, 6.45) is 2.40. The minimum Gasteiger partial charge on any atom is -0.289 e. The van der Waals surface area contributed by atoms with Gasteiger partial charge >= 0.3 is 0 Å². The monoisotopic (exact) mass is 200 g/mol. The van der Waals surface area contributed by atoms with Crippen LogP contribution in [0, 0.1) is 17.8 Å². The van der Waals surface area contributed by atoms with Crippen LogP contribution in [0.3, 0.4) is 0 Å². The Balaban J connectivity index is 2.59. The van der Waals surface area contributed by atoms with Gasteiger partial charge in [-0.2, -0.15) is 0 Å². The molecule has 1 heteroatoms. The third-order valence-electron chi connectivity index (χ3n) is 2.12. The summed E-state index contributed by atoms with van der Waals surface area (Å²) in [4.78, 5) is 10.00. The van der Waals surface area contributed by atoms with Crippen molar-refractivity contribution in [2.24, 2.45) is 5.92 Å². The van der Waals surface area contributed by atoms with Gasteiger partial charge in [0, 0.05) is 6.42 Å². The van der Waals surface area contributed by atoms with E-state index in [4.69, 9.17) is 0 Å². The average Bonchev–Trinajstić information content (AvgIpc) is 2.20. The quantitative estimate of drug-likeness (QED) is 0.541. The van der Waals surface area contributed by atoms with Gasteiger partial charge in [0.05, 0.1) is 0 Å². The maximum atomic E-state index is 10.00. The molecule has 0 fully saturated rings. The Kier molecular flexibility index (Phi) is 4.63. The summed E-state index contributed by atoms with van der Waals surface area (Å²) in [6, 6.07) is 8.43. The fourth-order valence-corrected chi connectivity index (χ4v) is 1.46. The first kappa shape index (κ1) is 11.5. The van der Waals surface area contributed by atoms with E-state index in [-0.39, 0.29) is 0 Å². The molecule has 0 bridgehead atoms. The number of carbonyl (C=O) groups excluding carboxylic acids is 1. The van der Waals surface area contributed by atoms with E-state index in [9.17, 15) is 4.79 Å². The minimum atomic E-state index is 0.632. The Morgan fingerprint density at radius 3 is 2.33 bits per heavy atom. The molecule has 1 aromatic rings. The molecule has 0 heterocycles. The van der Waals surface area contributed by atoms with Crippen molar-refractivity contribution in [3.8, 4) is 11.8 Å². The predicted molar refractivity (Wildman–Crippen MR) is 62.5 cm³/mol. The van der Waals surface area contributed by atoms with Gasteiger partial charge in [0.25, 0.3) is 0 Å². The molecule has 0 unspecified atom stereocenters. The standard InChI is InChI=1S/C14H16O/c1-12(2)11-14-8-6-13(7-9-14)5-3-4-10-15/h6-10,12H,5,11H2,1-2H3. The highest BCUT2D eigenvalue weighted by Crippen LogP contribution is 2.09. The molecule has 78 valence electrons. The van der Waals surface area contributed by atoms with Crippen LogP contribution in [-0.2, 0) is 17.6 Å². The molecule has 1 nitrogen and oxygen atoms in total. The molecule has 15 heavy (non-hydrogen) atoms. The zero-order chi connectivity index (χ0) is 11.1. The van der Waals surface area contributed by atoms with E-state index in [0.717, 1.165) is 12.0 Å². The molecule has 0 N–H and O–H groups in total. The largest absolute Gasteiger partial charge is 0.289 e. The first-order valence-electron chi connectivity index (χ1n) is 5.22. The second kappa shape index (κ2) is 6.03. The Morgan fingerprint density at radius 1 is 1.20 bits per heavy atom. The summed E-state index contributed by atoms with van der Waals surface area (Å²) in [6.45, 7) is 4.42. The third-order valence-corrected chi connectivity index (χ3v) is 2.12. The van der Waals surface area contributed by atoms with Gasteiger partial charge in [-0.1, -0.05) is 44.0 Å². The number of hydrogen-bond donors (Lipinski definition) is 0. The van der Waals surface area contributed by atoms with Gasteiger partial charge in [0.2, 0.25) is 0 Å². The van der Waals surface area contributed by atoms with Crippen molar-refractivity contribution >= 4 is 6.29 Å². The van der Waals surface area contributed by atoms with Gasteiger partial charge in [-0.15, -0.1) is 0 Å². The fraction of sp³-hybridized carbons (Fsp3) is 0.357. The molecule has 0 radical (unpaired) electrons. The van der Waals surface area contributed by atoms with E-state index in [2.05, 4.69) is 50.0 Å². The molecule has 0 spiro atoms. The second-order valence-electron chi connectivity index (χ2n) is 4.03. The topological polar surface area (TPSA) is 17.1 Å². The highest BCUT2D eigenvalue weighted by molar-refractivity contribution is 5.72. The lowest BCUT2D eigenvalue weighted by atomic mass is 10.0. The van der Waals surface area contributed by atoms with E-state index in [1.807, 2.05) is 0 Å². The molecular formula is C14H16O. The van der Waals surface area contributed by atoms with Crippen LogP contribution in [0.15, 0.2) is 24.3 Å². The van der Waals surface area contributed by atoms with E-state index in [1.54, 1.807) is 0 Å². The van der Waals surface area contributed by atoms with E-state index in [0.29, 0.717) is 18.6 Å². The number of hydrogen-bond acceptors (Lipinski definition) is 1. The molecule has 0 aliphatic carbocycles. The smallest absolute Gasteiger partial charge is 0.192 e. The minimum absolute atomic E-state index is 0.632. The van der Waals surface area contributed by atoms with Gasteiger partial charge in [0.1, 0.15) is 0 Å². The fourth-order valence-electron chi connectivity index (χ4n) is 1.46. The summed E-state index contributed by atoms with van der Waals surface area (Å²) >= 11 is 0. The molecular weight excluding hydrogens is 184 g/mol. The number of benzene rings is 1. The van der Waals surface area contributed by atoms with Gasteiger partial charge in [0.15, 0.2) is 6.29 Å². The number of aldehydes is 1. The Bertz CT molecular complexity index is 363. The van der Waals surface area contributed by atoms with Gasteiger partial charge in [-0.3, -0.25) is 4.79 Å². The van der Waals surface area contributed by atoms with Crippen molar-refractivity contribution in [3.63, 3.8) is 0 Å². The first-order valence-corrected chi connectivity index (χ1v) is 5.22. The maximum absolute atomic E-state index is 10.00. The zero-order valence-corrected chi connectivity index (χ0v) is 9.29. The maximum Gasteiger partial charge on any atom is 0.192 e. The van der Waals surface area contributed by atoms with E-state index < -0.39 is 0 Å². The van der Waals surface area contributed by atoms with Crippen molar-refractivity contribution < 1.29 is 4.79 Å². The van der Waals surface area contributed by atoms with E-state index >= 15 is 0 Å². The van der Waals surface area contributed by atoms with Crippen LogP contribution in [0.1, 0.15) is 25.0 Å². The Morgan fingerprint density at radius 2 is 1.80 bits per heavy atom. The summed E-state index contributed by atoms with van der Waals surface area (Å²) in [5.41, 5.74) is 2.52. The Hall–Kier alpha value is -1.55. The van der Waals surface area contributed by atoms with Gasteiger partial charge in [-0.05, 0) is 29.4 Å². The molecule has 0 atom stereocenters. The Labute approximate surface area is 91.5 Å². The molecule has 1 aromatic carbocycles.